The van der Waals surface area contributed by atoms with Gasteiger partial charge >= 0.3 is 0 Å². The molecule has 4 N–H and O–H groups in total. The maximum Gasteiger partial charge on any atom is 0.168 e. The maximum atomic E-state index is 9.68. The number of nitrogens with one attached hydrogen (secondary N) is 2. The monoisotopic (exact) mass is 830 g/mol. The number of rotatable bonds is 8. The number of benzene rings is 4. The van der Waals surface area contributed by atoms with E-state index in [1.54, 1.807) is 0 Å². The van der Waals surface area contributed by atoms with Crippen LogP contribution in [0.4, 0.5) is 0 Å². The molecule has 2 aliphatic rings. The van der Waals surface area contributed by atoms with E-state index >= 15 is 0 Å². The summed E-state index contributed by atoms with van der Waals surface area (Å²) in [5, 5.41) is 22.9. The second-order valence-corrected chi connectivity index (χ2v) is 19.3. The molecule has 3 aromatic heterocycles. The summed E-state index contributed by atoms with van der Waals surface area (Å²) in [5.74, 6) is 2.89. The third-order valence-corrected chi connectivity index (χ3v) is 11.6. The molecule has 0 saturated carbocycles. The number of ether oxygens (including phenoxy) is 2. The summed E-state index contributed by atoms with van der Waals surface area (Å²) in [4.78, 5) is 38.8. The van der Waals surface area contributed by atoms with Crippen LogP contribution in [0.25, 0.3) is 89.7 Å². The van der Waals surface area contributed by atoms with Gasteiger partial charge in [0.1, 0.15) is 34.1 Å². The molecule has 0 fully saturated rings. The van der Waals surface area contributed by atoms with E-state index in [2.05, 4.69) is 127 Å². The minimum absolute atomic E-state index is 0.0175. The fraction of sp³-hybridized carbons (Fsp3) is 0.360. The summed E-state index contributed by atoms with van der Waals surface area (Å²) in [7, 11) is 0. The third-order valence-electron chi connectivity index (χ3n) is 11.6. The SMILES string of the molecule is CC(C)(C)c1ccc2c(c1)-c1nc-2nc2[nH]c(nc3nc(nc4[nH]c(n1)c1ccc(C(C)(C)C)cc41)-c1c(OCCCO)ccc(OCCCO)c1-3)c1ccc(C(C)(C)C)cc21. The predicted octanol–water partition coefficient (Wildman–Crippen LogP) is 10.3. The van der Waals surface area contributed by atoms with Crippen LogP contribution in [0.3, 0.4) is 0 Å². The van der Waals surface area contributed by atoms with Crippen LogP contribution < -0.4 is 9.47 Å². The Morgan fingerprint density at radius 3 is 1.27 bits per heavy atom. The normalized spacial score (nSPS) is 12.8. The first-order valence-corrected chi connectivity index (χ1v) is 21.4. The lowest BCUT2D eigenvalue weighted by Gasteiger charge is -2.19. The first kappa shape index (κ1) is 41.1. The minimum Gasteiger partial charge on any atom is -0.493 e. The van der Waals surface area contributed by atoms with Crippen molar-refractivity contribution in [1.29, 1.82) is 0 Å². The van der Waals surface area contributed by atoms with Gasteiger partial charge in [0.15, 0.2) is 23.3 Å². The predicted molar refractivity (Wildman–Crippen MR) is 247 cm³/mol. The van der Waals surface area contributed by atoms with E-state index in [1.807, 2.05) is 12.1 Å². The van der Waals surface area contributed by atoms with Gasteiger partial charge in [-0.15, -0.1) is 0 Å². The van der Waals surface area contributed by atoms with E-state index in [4.69, 9.17) is 39.4 Å². The van der Waals surface area contributed by atoms with Crippen molar-refractivity contribution in [2.24, 2.45) is 0 Å². The molecule has 5 heterocycles. The number of aliphatic hydroxyl groups is 2. The molecule has 2 aliphatic heterocycles. The van der Waals surface area contributed by atoms with E-state index < -0.39 is 0 Å². The Labute approximate surface area is 360 Å². The Morgan fingerprint density at radius 1 is 0.435 bits per heavy atom. The van der Waals surface area contributed by atoms with Crippen molar-refractivity contribution in [1.82, 2.24) is 39.9 Å². The molecule has 0 radical (unpaired) electrons. The first-order chi connectivity index (χ1) is 29.5. The summed E-state index contributed by atoms with van der Waals surface area (Å²) in [6, 6.07) is 22.9. The van der Waals surface area contributed by atoms with Crippen LogP contribution in [-0.2, 0) is 16.2 Å². The van der Waals surface area contributed by atoms with Gasteiger partial charge in [0, 0.05) is 58.7 Å². The number of nitrogens with zero attached hydrogens (tertiary/aromatic N) is 6. The molecule has 0 unspecified atom stereocenters. The fourth-order valence-electron chi connectivity index (χ4n) is 7.99. The number of H-pyrrole nitrogens is 2. The molecular formula is C50H54N8O4. The summed E-state index contributed by atoms with van der Waals surface area (Å²) < 4.78 is 12.7. The van der Waals surface area contributed by atoms with Crippen LogP contribution in [0.5, 0.6) is 11.5 Å². The van der Waals surface area contributed by atoms with E-state index in [0.717, 1.165) is 49.4 Å². The molecule has 9 rings (SSSR count). The zero-order chi connectivity index (χ0) is 43.7. The number of aliphatic hydroxyl groups excluding tert-OH is 2. The Kier molecular flexibility index (Phi) is 10.1. The minimum atomic E-state index is -0.143. The number of fused-ring (bicyclic) bond motifs is 20. The highest BCUT2D eigenvalue weighted by Crippen LogP contribution is 2.47. The second-order valence-electron chi connectivity index (χ2n) is 19.3. The second kappa shape index (κ2) is 15.3. The Balaban J connectivity index is 1.46. The lowest BCUT2D eigenvalue weighted by atomic mass is 9.85. The van der Waals surface area contributed by atoms with E-state index in [1.165, 1.54) is 0 Å². The first-order valence-electron chi connectivity index (χ1n) is 21.4. The summed E-state index contributed by atoms with van der Waals surface area (Å²) >= 11 is 0. The molecular weight excluding hydrogens is 777 g/mol. The average Bonchev–Trinajstić information content (AvgIpc) is 3.95. The molecule has 0 spiro atoms. The van der Waals surface area contributed by atoms with Crippen molar-refractivity contribution in [3.8, 4) is 57.1 Å². The zero-order valence-electron chi connectivity index (χ0n) is 37.0. The fourth-order valence-corrected chi connectivity index (χ4v) is 7.99. The van der Waals surface area contributed by atoms with Gasteiger partial charge < -0.3 is 29.7 Å². The third kappa shape index (κ3) is 7.45. The van der Waals surface area contributed by atoms with E-state index in [-0.39, 0.29) is 42.7 Å². The number of hydrogen-bond acceptors (Lipinski definition) is 10. The van der Waals surface area contributed by atoms with Crippen LogP contribution in [0.15, 0.2) is 66.7 Å². The van der Waals surface area contributed by atoms with Gasteiger partial charge in [-0.25, -0.2) is 29.9 Å². The van der Waals surface area contributed by atoms with Crippen LogP contribution in [-0.4, -0.2) is 76.5 Å². The summed E-state index contributed by atoms with van der Waals surface area (Å²) in [6.07, 6.45) is 0.882. The van der Waals surface area contributed by atoms with Gasteiger partial charge in [0.05, 0.1) is 24.3 Å². The van der Waals surface area contributed by atoms with Crippen molar-refractivity contribution < 1.29 is 19.7 Å². The Morgan fingerprint density at radius 2 is 0.823 bits per heavy atom. The molecule has 318 valence electrons. The van der Waals surface area contributed by atoms with Gasteiger partial charge in [-0.3, -0.25) is 0 Å². The molecule has 12 heteroatoms. The topological polar surface area (TPSA) is 168 Å². The van der Waals surface area contributed by atoms with Gasteiger partial charge in [-0.1, -0.05) is 98.7 Å². The maximum absolute atomic E-state index is 9.68. The van der Waals surface area contributed by atoms with Crippen LogP contribution in [0.2, 0.25) is 0 Å². The standard InChI is InChI=1S/C50H54N8O4/c1-48(2,3)27-12-15-30-33(24-27)43-51-40(30)52-44-34-25-28(49(4,5)6)14-17-32(34)42(55-44)56-46-38-36(61-22-10-20-59)18-19-37(62-23-11-21-60)39(38)47(58-46)57-45-35-26-29(50(7,8)9)13-16-31(35)41(53-43)54-45/h12-19,24-26,59-60H,10-11,20-23H2,1-9H3,(H2,51,52,53,54,55,56,57,58). The molecule has 4 aromatic carbocycles. The number of aromatic amines is 2. The highest BCUT2D eigenvalue weighted by Gasteiger charge is 2.30. The molecule has 0 atom stereocenters. The Bertz CT molecular complexity index is 3070. The van der Waals surface area contributed by atoms with E-state index in [0.29, 0.717) is 81.4 Å². The zero-order valence-corrected chi connectivity index (χ0v) is 37.0. The molecule has 0 amide bonds. The van der Waals surface area contributed by atoms with Gasteiger partial charge in [0.25, 0.3) is 0 Å². The van der Waals surface area contributed by atoms with Gasteiger partial charge in [0.2, 0.25) is 0 Å². The van der Waals surface area contributed by atoms with Crippen LogP contribution in [0, 0.1) is 0 Å². The summed E-state index contributed by atoms with van der Waals surface area (Å²) in [5.41, 5.74) is 8.40. The van der Waals surface area contributed by atoms with Crippen molar-refractivity contribution in [2.45, 2.75) is 91.4 Å². The van der Waals surface area contributed by atoms with Crippen LogP contribution in [0.1, 0.15) is 91.8 Å². The molecule has 7 aromatic rings. The molecule has 8 bridgehead atoms. The molecule has 0 saturated heterocycles. The number of aromatic nitrogens is 8. The highest BCUT2D eigenvalue weighted by atomic mass is 16.5. The van der Waals surface area contributed by atoms with Crippen molar-refractivity contribution >= 4 is 44.1 Å². The molecule has 12 nitrogen and oxygen atoms in total. The van der Waals surface area contributed by atoms with Crippen LogP contribution >= 0.6 is 0 Å². The van der Waals surface area contributed by atoms with E-state index in [9.17, 15) is 10.2 Å². The van der Waals surface area contributed by atoms with Crippen molar-refractivity contribution in [3.63, 3.8) is 0 Å². The Hall–Kier alpha value is -6.24. The lowest BCUT2D eigenvalue weighted by Crippen LogP contribution is -2.10. The lowest BCUT2D eigenvalue weighted by molar-refractivity contribution is 0.231. The van der Waals surface area contributed by atoms with Crippen molar-refractivity contribution in [3.05, 3.63) is 83.4 Å². The number of hydrogen-bond donors (Lipinski definition) is 4. The quantitative estimate of drug-likeness (QED) is 0.108. The molecule has 62 heavy (non-hydrogen) atoms. The highest BCUT2D eigenvalue weighted by molar-refractivity contribution is 6.07. The summed E-state index contributed by atoms with van der Waals surface area (Å²) in [6.45, 7) is 20.3. The largest absolute Gasteiger partial charge is 0.493 e. The van der Waals surface area contributed by atoms with Gasteiger partial charge in [-0.05, 0) is 63.3 Å². The average molecular weight is 831 g/mol. The van der Waals surface area contributed by atoms with Gasteiger partial charge in [-0.2, -0.15) is 0 Å². The van der Waals surface area contributed by atoms with Crippen molar-refractivity contribution in [2.75, 3.05) is 26.4 Å². The molecule has 0 aliphatic carbocycles. The smallest absolute Gasteiger partial charge is 0.168 e.